The molecule has 1 atom stereocenters. The van der Waals surface area contributed by atoms with Gasteiger partial charge in [-0.1, -0.05) is 30.3 Å². The second-order valence-corrected chi connectivity index (χ2v) is 6.32. The van der Waals surface area contributed by atoms with E-state index in [1.807, 2.05) is 6.07 Å². The Bertz CT molecular complexity index is 792. The molecule has 0 fully saturated rings. The lowest BCUT2D eigenvalue weighted by molar-refractivity contribution is 0.580. The normalized spacial score (nSPS) is 12.2. The van der Waals surface area contributed by atoms with E-state index in [4.69, 9.17) is 0 Å². The van der Waals surface area contributed by atoms with E-state index >= 15 is 0 Å². The van der Waals surface area contributed by atoms with Gasteiger partial charge in [0.05, 0.1) is 0 Å². The number of H-pyrrole nitrogens is 1. The molecule has 1 aromatic carbocycles. The van der Waals surface area contributed by atoms with Gasteiger partial charge >= 0.3 is 0 Å². The molecule has 3 rings (SSSR count). The zero-order valence-corrected chi connectivity index (χ0v) is 13.2. The number of nitrogens with one attached hydrogen (secondary N) is 2. The lowest BCUT2D eigenvalue weighted by atomic mass is 10.2. The largest absolute Gasteiger partial charge is 0.367 e. The van der Waals surface area contributed by atoms with Crippen LogP contribution < -0.4 is 10.7 Å². The number of benzene rings is 1. The van der Waals surface area contributed by atoms with Gasteiger partial charge < -0.3 is 10.3 Å². The highest BCUT2D eigenvalue weighted by atomic mass is 32.1. The number of pyridine rings is 1. The Balaban J connectivity index is 1.68. The number of rotatable bonds is 5. The fourth-order valence-corrected chi connectivity index (χ4v) is 3.34. The quantitative estimate of drug-likeness (QED) is 0.749. The maximum absolute atomic E-state index is 11.7. The first-order valence-corrected chi connectivity index (χ1v) is 8.10. The number of hydrogen-bond donors (Lipinski definition) is 2. The Morgan fingerprint density at radius 2 is 1.95 bits per heavy atom. The van der Waals surface area contributed by atoms with Crippen molar-refractivity contribution in [1.29, 1.82) is 0 Å². The highest BCUT2D eigenvalue weighted by molar-refractivity contribution is 7.15. The van der Waals surface area contributed by atoms with E-state index < -0.39 is 0 Å². The van der Waals surface area contributed by atoms with Crippen molar-refractivity contribution in [2.24, 2.45) is 0 Å². The van der Waals surface area contributed by atoms with Crippen molar-refractivity contribution in [2.45, 2.75) is 19.5 Å². The van der Waals surface area contributed by atoms with Crippen LogP contribution in [0.3, 0.4) is 0 Å². The van der Waals surface area contributed by atoms with Crippen LogP contribution in [0.2, 0.25) is 0 Å². The monoisotopic (exact) mass is 310 g/mol. The molecule has 0 saturated carbocycles. The summed E-state index contributed by atoms with van der Waals surface area (Å²) in [7, 11) is 0. The molecule has 22 heavy (non-hydrogen) atoms. The lowest BCUT2D eigenvalue weighted by Gasteiger charge is -2.11. The molecule has 0 aliphatic heterocycles. The van der Waals surface area contributed by atoms with Crippen molar-refractivity contribution in [3.63, 3.8) is 0 Å². The van der Waals surface area contributed by atoms with Gasteiger partial charge in [0.1, 0.15) is 0 Å². The molecular formula is C18H18N2OS. The standard InChI is InChI=1S/C18H18N2OS/c1-13(20-12-15-11-19-10-9-16(15)21)17-7-8-18(22-17)14-5-3-2-4-6-14/h2-11,13,20H,12H2,1H3,(H,19,21). The van der Waals surface area contributed by atoms with Gasteiger partial charge in [-0.25, -0.2) is 0 Å². The first-order valence-electron chi connectivity index (χ1n) is 7.28. The summed E-state index contributed by atoms with van der Waals surface area (Å²) in [5, 5.41) is 3.41. The third kappa shape index (κ3) is 3.35. The summed E-state index contributed by atoms with van der Waals surface area (Å²) in [6.45, 7) is 2.69. The zero-order valence-electron chi connectivity index (χ0n) is 12.4. The third-order valence-electron chi connectivity index (χ3n) is 3.62. The van der Waals surface area contributed by atoms with E-state index in [-0.39, 0.29) is 11.5 Å². The van der Waals surface area contributed by atoms with Crippen LogP contribution in [0.1, 0.15) is 23.4 Å². The maximum Gasteiger partial charge on any atom is 0.186 e. The summed E-state index contributed by atoms with van der Waals surface area (Å²) >= 11 is 1.78. The summed E-state index contributed by atoms with van der Waals surface area (Å²) < 4.78 is 0. The Hall–Kier alpha value is -2.17. The maximum atomic E-state index is 11.7. The van der Waals surface area contributed by atoms with Gasteiger partial charge in [0.2, 0.25) is 0 Å². The molecule has 0 saturated heterocycles. The van der Waals surface area contributed by atoms with Gasteiger partial charge in [0.25, 0.3) is 0 Å². The molecule has 0 amide bonds. The Kier molecular flexibility index (Phi) is 4.51. The van der Waals surface area contributed by atoms with Gasteiger partial charge in [-0.2, -0.15) is 0 Å². The van der Waals surface area contributed by atoms with Crippen LogP contribution in [0.25, 0.3) is 10.4 Å². The van der Waals surface area contributed by atoms with Gasteiger partial charge in [0, 0.05) is 46.4 Å². The van der Waals surface area contributed by atoms with Crippen molar-refractivity contribution in [3.05, 3.63) is 81.6 Å². The van der Waals surface area contributed by atoms with Crippen molar-refractivity contribution >= 4 is 11.3 Å². The van der Waals surface area contributed by atoms with Crippen molar-refractivity contribution in [3.8, 4) is 10.4 Å². The van der Waals surface area contributed by atoms with Gasteiger partial charge in [-0.05, 0) is 24.6 Å². The smallest absolute Gasteiger partial charge is 0.186 e. The first kappa shape index (κ1) is 14.8. The molecule has 4 heteroatoms. The average molecular weight is 310 g/mol. The van der Waals surface area contributed by atoms with Crippen molar-refractivity contribution in [2.75, 3.05) is 0 Å². The molecule has 3 aromatic rings. The molecule has 3 nitrogen and oxygen atoms in total. The minimum atomic E-state index is 0.0644. The fourth-order valence-electron chi connectivity index (χ4n) is 2.30. The van der Waals surface area contributed by atoms with Crippen LogP contribution in [0.4, 0.5) is 0 Å². The molecule has 0 radical (unpaired) electrons. The van der Waals surface area contributed by atoms with E-state index in [0.717, 1.165) is 5.56 Å². The highest BCUT2D eigenvalue weighted by Crippen LogP contribution is 2.31. The molecule has 0 aliphatic carbocycles. The minimum absolute atomic E-state index is 0.0644. The first-order chi connectivity index (χ1) is 10.7. The van der Waals surface area contributed by atoms with Crippen LogP contribution in [-0.2, 0) is 6.54 Å². The fraction of sp³-hybridized carbons (Fsp3) is 0.167. The van der Waals surface area contributed by atoms with E-state index in [1.54, 1.807) is 29.8 Å². The third-order valence-corrected chi connectivity index (χ3v) is 4.93. The van der Waals surface area contributed by atoms with Crippen LogP contribution >= 0.6 is 11.3 Å². The number of hydrogen-bond acceptors (Lipinski definition) is 3. The van der Waals surface area contributed by atoms with Gasteiger partial charge in [0.15, 0.2) is 5.43 Å². The van der Waals surface area contributed by atoms with Crippen LogP contribution in [0.5, 0.6) is 0 Å². The molecular weight excluding hydrogens is 292 g/mol. The Morgan fingerprint density at radius 3 is 2.73 bits per heavy atom. The Labute approximate surface area is 133 Å². The van der Waals surface area contributed by atoms with Crippen molar-refractivity contribution in [1.82, 2.24) is 10.3 Å². The summed E-state index contributed by atoms with van der Waals surface area (Å²) in [4.78, 5) is 17.2. The zero-order chi connectivity index (χ0) is 15.4. The molecule has 0 spiro atoms. The van der Waals surface area contributed by atoms with E-state index in [9.17, 15) is 4.79 Å². The summed E-state index contributed by atoms with van der Waals surface area (Å²) in [6, 6.07) is 16.5. The molecule has 0 aliphatic rings. The van der Waals surface area contributed by atoms with Crippen LogP contribution in [-0.4, -0.2) is 4.98 Å². The summed E-state index contributed by atoms with van der Waals surface area (Å²) in [6.07, 6.45) is 3.41. The number of aromatic nitrogens is 1. The predicted octanol–water partition coefficient (Wildman–Crippen LogP) is 3.95. The van der Waals surface area contributed by atoms with Gasteiger partial charge in [-0.15, -0.1) is 11.3 Å². The van der Waals surface area contributed by atoms with Gasteiger partial charge in [-0.3, -0.25) is 4.79 Å². The minimum Gasteiger partial charge on any atom is -0.367 e. The van der Waals surface area contributed by atoms with Crippen LogP contribution in [0, 0.1) is 0 Å². The summed E-state index contributed by atoms with van der Waals surface area (Å²) in [5.74, 6) is 0. The molecule has 1 unspecified atom stereocenters. The second-order valence-electron chi connectivity index (χ2n) is 5.20. The summed E-state index contributed by atoms with van der Waals surface area (Å²) in [5.41, 5.74) is 2.06. The molecule has 2 aromatic heterocycles. The molecule has 2 N–H and O–H groups in total. The average Bonchev–Trinajstić information content (AvgIpc) is 3.05. The topological polar surface area (TPSA) is 44.9 Å². The SMILES string of the molecule is CC(NCc1c[nH]ccc1=O)c1ccc(-c2ccccc2)s1. The van der Waals surface area contributed by atoms with E-state index in [2.05, 4.69) is 53.6 Å². The molecule has 112 valence electrons. The number of aromatic amines is 1. The molecule has 2 heterocycles. The lowest BCUT2D eigenvalue weighted by Crippen LogP contribution is -2.21. The highest BCUT2D eigenvalue weighted by Gasteiger charge is 2.10. The Morgan fingerprint density at radius 1 is 1.14 bits per heavy atom. The van der Waals surface area contributed by atoms with E-state index in [0.29, 0.717) is 6.54 Å². The second kappa shape index (κ2) is 6.73. The van der Waals surface area contributed by atoms with E-state index in [1.165, 1.54) is 15.3 Å². The van der Waals surface area contributed by atoms with Crippen molar-refractivity contribution < 1.29 is 0 Å². The van der Waals surface area contributed by atoms with Crippen LogP contribution in [0.15, 0.2) is 65.7 Å². The predicted molar refractivity (Wildman–Crippen MR) is 92.1 cm³/mol. The molecule has 0 bridgehead atoms. The number of thiophene rings is 1.